The van der Waals surface area contributed by atoms with Gasteiger partial charge in [-0.3, -0.25) is 4.79 Å². The third-order valence-corrected chi connectivity index (χ3v) is 2.82. The molecule has 0 saturated heterocycles. The highest BCUT2D eigenvalue weighted by Gasteiger charge is 1.96. The van der Waals surface area contributed by atoms with Crippen LogP contribution in [-0.2, 0) is 4.79 Å². The summed E-state index contributed by atoms with van der Waals surface area (Å²) in [6.45, 7) is 6.33. The van der Waals surface area contributed by atoms with Gasteiger partial charge in [-0.1, -0.05) is 52.0 Å². The first-order valence-corrected chi connectivity index (χ1v) is 6.50. The average molecular weight is 225 g/mol. The Hall–Kier alpha value is -0.790. The van der Waals surface area contributed by atoms with Crippen molar-refractivity contribution in [2.45, 2.75) is 65.7 Å². The van der Waals surface area contributed by atoms with Crippen LogP contribution in [0.4, 0.5) is 0 Å². The standard InChI is InChI=1S/C14H27NO/c1-12(2)10-8-6-4-5-7-9-11-13(3)14(15)16/h11-12H,4-10H2,1-3H3,(H2,15,16). The maximum Gasteiger partial charge on any atom is 0.244 e. The molecular formula is C14H27NO. The van der Waals surface area contributed by atoms with Crippen LogP contribution >= 0.6 is 0 Å². The topological polar surface area (TPSA) is 43.1 Å². The van der Waals surface area contributed by atoms with Gasteiger partial charge in [-0.2, -0.15) is 0 Å². The fourth-order valence-electron chi connectivity index (χ4n) is 1.65. The highest BCUT2D eigenvalue weighted by atomic mass is 16.1. The van der Waals surface area contributed by atoms with Gasteiger partial charge in [0, 0.05) is 5.57 Å². The summed E-state index contributed by atoms with van der Waals surface area (Å²) in [7, 11) is 0. The molecule has 1 amide bonds. The monoisotopic (exact) mass is 225 g/mol. The van der Waals surface area contributed by atoms with Gasteiger partial charge in [0.1, 0.15) is 0 Å². The number of nitrogens with two attached hydrogens (primary N) is 1. The summed E-state index contributed by atoms with van der Waals surface area (Å²) in [6.07, 6.45) is 10.7. The molecule has 2 N–H and O–H groups in total. The largest absolute Gasteiger partial charge is 0.366 e. The molecule has 0 atom stereocenters. The summed E-state index contributed by atoms with van der Waals surface area (Å²) in [5.74, 6) is 0.540. The molecule has 2 nitrogen and oxygen atoms in total. The molecule has 0 aromatic heterocycles. The second-order valence-corrected chi connectivity index (χ2v) is 4.99. The second kappa shape index (κ2) is 9.44. The molecule has 0 bridgehead atoms. The Bertz CT molecular complexity index is 219. The maximum atomic E-state index is 10.7. The van der Waals surface area contributed by atoms with E-state index < -0.39 is 0 Å². The normalized spacial score (nSPS) is 12.1. The molecule has 2 heteroatoms. The summed E-state index contributed by atoms with van der Waals surface area (Å²) in [5.41, 5.74) is 5.83. The van der Waals surface area contributed by atoms with E-state index in [-0.39, 0.29) is 5.91 Å². The van der Waals surface area contributed by atoms with Gasteiger partial charge in [-0.05, 0) is 25.7 Å². The van der Waals surface area contributed by atoms with E-state index in [2.05, 4.69) is 13.8 Å². The minimum atomic E-state index is -0.295. The SMILES string of the molecule is CC(=CCCCCCCCC(C)C)C(N)=O. The minimum absolute atomic E-state index is 0.295. The van der Waals surface area contributed by atoms with Gasteiger partial charge in [-0.25, -0.2) is 0 Å². The van der Waals surface area contributed by atoms with Crippen LogP contribution in [0.5, 0.6) is 0 Å². The zero-order valence-electron chi connectivity index (χ0n) is 11.1. The molecule has 0 rings (SSSR count). The summed E-state index contributed by atoms with van der Waals surface area (Å²) in [5, 5.41) is 0. The number of amides is 1. The third kappa shape index (κ3) is 9.75. The predicted octanol–water partition coefficient (Wildman–Crippen LogP) is 3.80. The minimum Gasteiger partial charge on any atom is -0.366 e. The molecule has 0 aliphatic rings. The third-order valence-electron chi connectivity index (χ3n) is 2.82. The molecule has 0 aromatic rings. The highest BCUT2D eigenvalue weighted by Crippen LogP contribution is 2.11. The quantitative estimate of drug-likeness (QED) is 0.470. The molecule has 0 unspecified atom stereocenters. The average Bonchev–Trinajstić information content (AvgIpc) is 2.21. The van der Waals surface area contributed by atoms with Crippen LogP contribution in [0, 0.1) is 5.92 Å². The zero-order valence-corrected chi connectivity index (χ0v) is 11.1. The molecule has 0 radical (unpaired) electrons. The van der Waals surface area contributed by atoms with Crippen molar-refractivity contribution in [1.82, 2.24) is 0 Å². The van der Waals surface area contributed by atoms with E-state index in [4.69, 9.17) is 5.73 Å². The summed E-state index contributed by atoms with van der Waals surface area (Å²) in [6, 6.07) is 0. The van der Waals surface area contributed by atoms with E-state index in [0.717, 1.165) is 12.3 Å². The van der Waals surface area contributed by atoms with Crippen LogP contribution in [0.25, 0.3) is 0 Å². The van der Waals surface area contributed by atoms with Crippen LogP contribution in [-0.4, -0.2) is 5.91 Å². The number of hydrogen-bond donors (Lipinski definition) is 1. The van der Waals surface area contributed by atoms with Crippen molar-refractivity contribution >= 4 is 5.91 Å². The maximum absolute atomic E-state index is 10.7. The first-order chi connectivity index (χ1) is 7.54. The summed E-state index contributed by atoms with van der Waals surface area (Å²) >= 11 is 0. The first kappa shape index (κ1) is 15.2. The first-order valence-electron chi connectivity index (χ1n) is 6.50. The Morgan fingerprint density at radius 2 is 1.69 bits per heavy atom. The van der Waals surface area contributed by atoms with Gasteiger partial charge in [0.05, 0.1) is 0 Å². The number of hydrogen-bond acceptors (Lipinski definition) is 1. The smallest absolute Gasteiger partial charge is 0.244 e. The lowest BCUT2D eigenvalue weighted by Gasteiger charge is -2.03. The van der Waals surface area contributed by atoms with Gasteiger partial charge in [0.2, 0.25) is 5.91 Å². The van der Waals surface area contributed by atoms with Crippen LogP contribution in [0.1, 0.15) is 65.7 Å². The lowest BCUT2D eigenvalue weighted by molar-refractivity contribution is -0.114. The van der Waals surface area contributed by atoms with Crippen LogP contribution in [0.2, 0.25) is 0 Å². The summed E-state index contributed by atoms with van der Waals surface area (Å²) in [4.78, 5) is 10.7. The molecule has 0 aromatic carbocycles. The number of primary amides is 1. The molecule has 0 fully saturated rings. The molecule has 0 saturated carbocycles. The molecule has 0 aliphatic carbocycles. The Morgan fingerprint density at radius 3 is 2.25 bits per heavy atom. The fourth-order valence-corrected chi connectivity index (χ4v) is 1.65. The molecule has 16 heavy (non-hydrogen) atoms. The van der Waals surface area contributed by atoms with Gasteiger partial charge >= 0.3 is 0 Å². The Balaban J connectivity index is 3.28. The van der Waals surface area contributed by atoms with Gasteiger partial charge in [0.15, 0.2) is 0 Å². The highest BCUT2D eigenvalue weighted by molar-refractivity contribution is 5.91. The van der Waals surface area contributed by atoms with Crippen molar-refractivity contribution < 1.29 is 4.79 Å². The van der Waals surface area contributed by atoms with E-state index in [1.54, 1.807) is 6.92 Å². The van der Waals surface area contributed by atoms with Crippen LogP contribution < -0.4 is 5.73 Å². The van der Waals surface area contributed by atoms with Gasteiger partial charge in [-0.15, -0.1) is 0 Å². The molecule has 94 valence electrons. The lowest BCUT2D eigenvalue weighted by atomic mass is 10.0. The number of allylic oxidation sites excluding steroid dienone is 1. The van der Waals surface area contributed by atoms with Crippen molar-refractivity contribution in [2.75, 3.05) is 0 Å². The number of carbonyl (C=O) groups is 1. The van der Waals surface area contributed by atoms with Crippen LogP contribution in [0.15, 0.2) is 11.6 Å². The van der Waals surface area contributed by atoms with E-state index in [9.17, 15) is 4.79 Å². The van der Waals surface area contributed by atoms with Gasteiger partial charge in [0.25, 0.3) is 0 Å². The van der Waals surface area contributed by atoms with E-state index >= 15 is 0 Å². The molecule has 0 heterocycles. The van der Waals surface area contributed by atoms with Crippen LogP contribution in [0.3, 0.4) is 0 Å². The molecule has 0 spiro atoms. The Kier molecular flexibility index (Phi) is 8.97. The molecule has 0 aliphatic heterocycles. The number of unbranched alkanes of at least 4 members (excludes halogenated alkanes) is 5. The van der Waals surface area contributed by atoms with E-state index in [1.807, 2.05) is 6.08 Å². The zero-order chi connectivity index (χ0) is 12.4. The van der Waals surface area contributed by atoms with E-state index in [1.165, 1.54) is 38.5 Å². The number of rotatable bonds is 9. The lowest BCUT2D eigenvalue weighted by Crippen LogP contribution is -2.11. The summed E-state index contributed by atoms with van der Waals surface area (Å²) < 4.78 is 0. The van der Waals surface area contributed by atoms with Crippen molar-refractivity contribution in [1.29, 1.82) is 0 Å². The van der Waals surface area contributed by atoms with Crippen molar-refractivity contribution in [3.05, 3.63) is 11.6 Å². The van der Waals surface area contributed by atoms with Gasteiger partial charge < -0.3 is 5.73 Å². The fraction of sp³-hybridized carbons (Fsp3) is 0.786. The number of carbonyl (C=O) groups excluding carboxylic acids is 1. The molecular weight excluding hydrogens is 198 g/mol. The predicted molar refractivity (Wildman–Crippen MR) is 70.1 cm³/mol. The Labute approximate surface area is 100 Å². The van der Waals surface area contributed by atoms with Crippen molar-refractivity contribution in [3.8, 4) is 0 Å². The second-order valence-electron chi connectivity index (χ2n) is 4.99. The Morgan fingerprint density at radius 1 is 1.12 bits per heavy atom. The van der Waals surface area contributed by atoms with E-state index in [0.29, 0.717) is 5.57 Å². The van der Waals surface area contributed by atoms with Crippen molar-refractivity contribution in [2.24, 2.45) is 11.7 Å². The van der Waals surface area contributed by atoms with Crippen molar-refractivity contribution in [3.63, 3.8) is 0 Å².